The van der Waals surface area contributed by atoms with E-state index >= 15 is 0 Å². The van der Waals surface area contributed by atoms with Crippen LogP contribution in [-0.4, -0.2) is 6.54 Å². The Kier molecular flexibility index (Phi) is 3.78. The van der Waals surface area contributed by atoms with Gasteiger partial charge in [0.1, 0.15) is 0 Å². The minimum Gasteiger partial charge on any atom is -0.330 e. The summed E-state index contributed by atoms with van der Waals surface area (Å²) in [6.45, 7) is 7.93. The molecule has 2 N–H and O–H groups in total. The fraction of sp³-hybridized carbons (Fsp3) is 1.00. The summed E-state index contributed by atoms with van der Waals surface area (Å²) in [7, 11) is 0. The fourth-order valence-corrected chi connectivity index (χ4v) is 2.98. The van der Waals surface area contributed by atoms with Gasteiger partial charge in [0.15, 0.2) is 0 Å². The first-order chi connectivity index (χ1) is 6.10. The summed E-state index contributed by atoms with van der Waals surface area (Å²) in [6, 6.07) is 0. The molecule has 1 aliphatic rings. The Bertz CT molecular complexity index is 153. The van der Waals surface area contributed by atoms with E-state index in [2.05, 4.69) is 20.8 Å². The lowest BCUT2D eigenvalue weighted by molar-refractivity contribution is 0.0885. The van der Waals surface area contributed by atoms with Gasteiger partial charge in [0, 0.05) is 0 Å². The number of nitrogens with two attached hydrogens (primary N) is 1. The SMILES string of the molecule is CC(C)CC1(CN)CCCCC1C. The molecule has 1 nitrogen and oxygen atoms in total. The molecule has 0 aromatic carbocycles. The second kappa shape index (κ2) is 4.45. The lowest BCUT2D eigenvalue weighted by Crippen LogP contribution is -2.40. The van der Waals surface area contributed by atoms with Crippen molar-refractivity contribution in [1.29, 1.82) is 0 Å². The van der Waals surface area contributed by atoms with Crippen LogP contribution in [0.15, 0.2) is 0 Å². The molecular formula is C12H25N. The van der Waals surface area contributed by atoms with Crippen LogP contribution in [0.25, 0.3) is 0 Å². The van der Waals surface area contributed by atoms with Crippen LogP contribution in [-0.2, 0) is 0 Å². The summed E-state index contributed by atoms with van der Waals surface area (Å²) in [5.41, 5.74) is 6.46. The van der Waals surface area contributed by atoms with E-state index in [1.54, 1.807) is 0 Å². The molecule has 0 saturated heterocycles. The zero-order chi connectivity index (χ0) is 9.90. The molecule has 1 rings (SSSR count). The molecule has 0 bridgehead atoms. The van der Waals surface area contributed by atoms with Gasteiger partial charge in [-0.3, -0.25) is 0 Å². The van der Waals surface area contributed by atoms with E-state index in [-0.39, 0.29) is 0 Å². The van der Waals surface area contributed by atoms with E-state index in [1.807, 2.05) is 0 Å². The summed E-state index contributed by atoms with van der Waals surface area (Å²) in [5.74, 6) is 1.64. The van der Waals surface area contributed by atoms with Crippen LogP contribution >= 0.6 is 0 Å². The van der Waals surface area contributed by atoms with Gasteiger partial charge in [0.05, 0.1) is 0 Å². The van der Waals surface area contributed by atoms with E-state index in [4.69, 9.17) is 5.73 Å². The van der Waals surface area contributed by atoms with Gasteiger partial charge in [0.25, 0.3) is 0 Å². The highest BCUT2D eigenvalue weighted by Gasteiger charge is 2.36. The van der Waals surface area contributed by atoms with Crippen molar-refractivity contribution >= 4 is 0 Å². The third-order valence-electron chi connectivity index (χ3n) is 3.83. The molecule has 0 radical (unpaired) electrons. The molecule has 13 heavy (non-hydrogen) atoms. The average Bonchev–Trinajstić information content (AvgIpc) is 2.08. The Labute approximate surface area is 83.1 Å². The largest absolute Gasteiger partial charge is 0.330 e. The highest BCUT2D eigenvalue weighted by Crippen LogP contribution is 2.44. The zero-order valence-corrected chi connectivity index (χ0v) is 9.47. The van der Waals surface area contributed by atoms with Crippen molar-refractivity contribution in [2.45, 2.75) is 52.9 Å². The minimum atomic E-state index is 0.479. The molecule has 0 aromatic rings. The minimum absolute atomic E-state index is 0.479. The second-order valence-electron chi connectivity index (χ2n) is 5.31. The normalized spacial score (nSPS) is 35.3. The predicted molar refractivity (Wildman–Crippen MR) is 58.6 cm³/mol. The quantitative estimate of drug-likeness (QED) is 0.714. The van der Waals surface area contributed by atoms with Gasteiger partial charge in [-0.05, 0) is 36.6 Å². The highest BCUT2D eigenvalue weighted by molar-refractivity contribution is 4.89. The second-order valence-corrected chi connectivity index (χ2v) is 5.31. The first-order valence-corrected chi connectivity index (χ1v) is 5.81. The molecule has 2 atom stereocenters. The summed E-state index contributed by atoms with van der Waals surface area (Å²) in [4.78, 5) is 0. The van der Waals surface area contributed by atoms with Crippen LogP contribution in [0.1, 0.15) is 52.9 Å². The van der Waals surface area contributed by atoms with Crippen LogP contribution in [0.2, 0.25) is 0 Å². The first kappa shape index (κ1) is 11.0. The zero-order valence-electron chi connectivity index (χ0n) is 9.47. The van der Waals surface area contributed by atoms with E-state index in [0.29, 0.717) is 5.41 Å². The summed E-state index contributed by atoms with van der Waals surface area (Å²) >= 11 is 0. The molecule has 0 spiro atoms. The van der Waals surface area contributed by atoms with Crippen molar-refractivity contribution < 1.29 is 0 Å². The number of hydrogen-bond acceptors (Lipinski definition) is 1. The summed E-state index contributed by atoms with van der Waals surface area (Å²) in [6.07, 6.45) is 6.90. The van der Waals surface area contributed by atoms with Gasteiger partial charge in [-0.15, -0.1) is 0 Å². The standard InChI is InChI=1S/C12H25N/c1-10(2)8-12(9-13)7-5-4-6-11(12)3/h10-11H,4-9,13H2,1-3H3. The molecule has 0 amide bonds. The van der Waals surface area contributed by atoms with Crippen molar-refractivity contribution in [3.63, 3.8) is 0 Å². The van der Waals surface area contributed by atoms with Gasteiger partial charge in [-0.1, -0.05) is 40.0 Å². The summed E-state index contributed by atoms with van der Waals surface area (Å²) in [5, 5.41) is 0. The van der Waals surface area contributed by atoms with E-state index in [9.17, 15) is 0 Å². The van der Waals surface area contributed by atoms with Gasteiger partial charge in [0.2, 0.25) is 0 Å². The van der Waals surface area contributed by atoms with Crippen molar-refractivity contribution in [2.24, 2.45) is 23.0 Å². The molecule has 2 unspecified atom stereocenters. The summed E-state index contributed by atoms with van der Waals surface area (Å²) < 4.78 is 0. The molecule has 0 heterocycles. The topological polar surface area (TPSA) is 26.0 Å². The lowest BCUT2D eigenvalue weighted by atomic mass is 9.63. The van der Waals surface area contributed by atoms with Crippen LogP contribution in [0, 0.1) is 17.3 Å². The van der Waals surface area contributed by atoms with Crippen molar-refractivity contribution in [2.75, 3.05) is 6.54 Å². The van der Waals surface area contributed by atoms with Crippen LogP contribution in [0.4, 0.5) is 0 Å². The third-order valence-corrected chi connectivity index (χ3v) is 3.83. The van der Waals surface area contributed by atoms with Crippen LogP contribution in [0.3, 0.4) is 0 Å². The van der Waals surface area contributed by atoms with Gasteiger partial charge in [-0.2, -0.15) is 0 Å². The Balaban J connectivity index is 2.64. The Morgan fingerprint density at radius 1 is 1.38 bits per heavy atom. The highest BCUT2D eigenvalue weighted by atomic mass is 14.6. The van der Waals surface area contributed by atoms with E-state index in [1.165, 1.54) is 32.1 Å². The van der Waals surface area contributed by atoms with Crippen molar-refractivity contribution in [3.05, 3.63) is 0 Å². The molecule has 1 fully saturated rings. The molecule has 1 saturated carbocycles. The van der Waals surface area contributed by atoms with Gasteiger partial charge in [-0.25, -0.2) is 0 Å². The molecular weight excluding hydrogens is 158 g/mol. The average molecular weight is 183 g/mol. The molecule has 1 heteroatoms. The first-order valence-electron chi connectivity index (χ1n) is 5.81. The smallest absolute Gasteiger partial charge is 0.00179 e. The number of hydrogen-bond donors (Lipinski definition) is 1. The van der Waals surface area contributed by atoms with Gasteiger partial charge < -0.3 is 5.73 Å². The van der Waals surface area contributed by atoms with E-state index < -0.39 is 0 Å². The monoisotopic (exact) mass is 183 g/mol. The fourth-order valence-electron chi connectivity index (χ4n) is 2.98. The van der Waals surface area contributed by atoms with Crippen molar-refractivity contribution in [3.8, 4) is 0 Å². The third kappa shape index (κ3) is 2.46. The molecule has 78 valence electrons. The van der Waals surface area contributed by atoms with Crippen LogP contribution in [0.5, 0.6) is 0 Å². The Morgan fingerprint density at radius 3 is 2.54 bits per heavy atom. The molecule has 1 aliphatic carbocycles. The van der Waals surface area contributed by atoms with E-state index in [0.717, 1.165) is 18.4 Å². The van der Waals surface area contributed by atoms with Crippen LogP contribution < -0.4 is 5.73 Å². The predicted octanol–water partition coefficient (Wildman–Crippen LogP) is 3.19. The van der Waals surface area contributed by atoms with Crippen molar-refractivity contribution in [1.82, 2.24) is 0 Å². The lowest BCUT2D eigenvalue weighted by Gasteiger charge is -2.43. The maximum atomic E-state index is 5.98. The van der Waals surface area contributed by atoms with Gasteiger partial charge >= 0.3 is 0 Å². The Hall–Kier alpha value is -0.0400. The molecule has 0 aliphatic heterocycles. The molecule has 0 aromatic heterocycles. The maximum Gasteiger partial charge on any atom is -0.00179 e. The maximum absolute atomic E-state index is 5.98. The number of rotatable bonds is 3. The Morgan fingerprint density at radius 2 is 2.08 bits per heavy atom.